The fourth-order valence-corrected chi connectivity index (χ4v) is 3.03. The molecule has 1 amide bonds. The molecule has 0 saturated heterocycles. The molecule has 1 aromatic heterocycles. The molecule has 1 aromatic carbocycles. The van der Waals surface area contributed by atoms with Gasteiger partial charge in [-0.1, -0.05) is 37.6 Å². The zero-order valence-corrected chi connectivity index (χ0v) is 17.0. The minimum atomic E-state index is -0.553. The fraction of sp³-hybridized carbons (Fsp3) is 0.455. The Labute approximate surface area is 163 Å². The van der Waals surface area contributed by atoms with Crippen LogP contribution in [-0.4, -0.2) is 30.0 Å². The Kier molecular flexibility index (Phi) is 7.80. The summed E-state index contributed by atoms with van der Waals surface area (Å²) in [7, 11) is 0. The maximum atomic E-state index is 12.7. The molecule has 0 saturated carbocycles. The third kappa shape index (κ3) is 5.79. The van der Waals surface area contributed by atoms with Gasteiger partial charge in [-0.2, -0.15) is 0 Å². The Bertz CT molecular complexity index is 704. The van der Waals surface area contributed by atoms with Crippen LogP contribution < -0.4 is 15.5 Å². The van der Waals surface area contributed by atoms with Crippen molar-refractivity contribution in [1.82, 2.24) is 4.98 Å². The lowest BCUT2D eigenvalue weighted by Gasteiger charge is -2.26. The van der Waals surface area contributed by atoms with E-state index < -0.39 is 6.04 Å². The Morgan fingerprint density at radius 2 is 1.70 bits per heavy atom. The van der Waals surface area contributed by atoms with E-state index in [1.807, 2.05) is 43.5 Å². The van der Waals surface area contributed by atoms with Crippen molar-refractivity contribution in [1.29, 1.82) is 0 Å². The van der Waals surface area contributed by atoms with Crippen LogP contribution in [0.1, 0.15) is 44.7 Å². The predicted octanol–water partition coefficient (Wildman–Crippen LogP) is 3.90. The summed E-state index contributed by atoms with van der Waals surface area (Å²) >= 11 is 0. The van der Waals surface area contributed by atoms with Crippen LogP contribution in [0.2, 0.25) is 0 Å². The van der Waals surface area contributed by atoms with Gasteiger partial charge in [-0.25, -0.2) is 4.98 Å². The Hall–Kier alpha value is -2.40. The molecule has 0 spiro atoms. The highest BCUT2D eigenvalue weighted by Crippen LogP contribution is 2.20. The number of amides is 1. The van der Waals surface area contributed by atoms with Gasteiger partial charge in [0, 0.05) is 25.0 Å². The first kappa shape index (κ1) is 20.9. The number of rotatable bonds is 9. The van der Waals surface area contributed by atoms with Crippen LogP contribution in [0.5, 0.6) is 0 Å². The number of carbonyl (C=O) groups excluding carboxylic acids is 1. The largest absolute Gasteiger partial charge is 0.357 e. The van der Waals surface area contributed by atoms with Gasteiger partial charge in [-0.3, -0.25) is 4.79 Å². The highest BCUT2D eigenvalue weighted by atomic mass is 16.2. The first-order chi connectivity index (χ1) is 13.0. The third-order valence-corrected chi connectivity index (χ3v) is 4.46. The molecular weight excluding hydrogens is 336 g/mol. The van der Waals surface area contributed by atoms with E-state index in [-0.39, 0.29) is 5.91 Å². The first-order valence-electron chi connectivity index (χ1n) is 9.79. The van der Waals surface area contributed by atoms with Gasteiger partial charge >= 0.3 is 0 Å². The van der Waals surface area contributed by atoms with Gasteiger partial charge in [0.1, 0.15) is 5.82 Å². The molecule has 1 heterocycles. The number of benzene rings is 1. The molecule has 146 valence electrons. The lowest BCUT2D eigenvalue weighted by atomic mass is 10.1. The molecule has 0 aliphatic heterocycles. The number of aromatic nitrogens is 1. The Morgan fingerprint density at radius 1 is 1.07 bits per heavy atom. The number of hydrogen-bond acceptors (Lipinski definition) is 4. The normalized spacial score (nSPS) is 11.9. The van der Waals surface area contributed by atoms with Crippen molar-refractivity contribution < 1.29 is 4.79 Å². The van der Waals surface area contributed by atoms with Crippen LogP contribution in [0.4, 0.5) is 11.5 Å². The smallest absolute Gasteiger partial charge is 0.243 e. The molecule has 0 radical (unpaired) electrons. The van der Waals surface area contributed by atoms with E-state index in [9.17, 15) is 4.79 Å². The lowest BCUT2D eigenvalue weighted by molar-refractivity contribution is -0.119. The molecule has 27 heavy (non-hydrogen) atoms. The molecule has 1 atom stereocenters. The minimum Gasteiger partial charge on any atom is -0.357 e. The Balaban J connectivity index is 2.21. The molecule has 0 unspecified atom stereocenters. The van der Waals surface area contributed by atoms with Crippen LogP contribution in [0.3, 0.4) is 0 Å². The summed E-state index contributed by atoms with van der Waals surface area (Å²) in [5.74, 6) is 0.893. The van der Waals surface area contributed by atoms with Crippen molar-refractivity contribution in [2.45, 2.75) is 53.1 Å². The zero-order valence-electron chi connectivity index (χ0n) is 17.0. The summed E-state index contributed by atoms with van der Waals surface area (Å²) in [6.07, 6.45) is 4.05. The van der Waals surface area contributed by atoms with E-state index in [0.29, 0.717) is 6.54 Å². The third-order valence-electron chi connectivity index (χ3n) is 4.46. The summed E-state index contributed by atoms with van der Waals surface area (Å²) in [6.45, 7) is 10.6. The first-order valence-corrected chi connectivity index (χ1v) is 9.79. The highest BCUT2D eigenvalue weighted by molar-refractivity contribution is 5.96. The fourth-order valence-electron chi connectivity index (χ4n) is 3.03. The number of nitrogens with two attached hydrogens (primary N) is 1. The van der Waals surface area contributed by atoms with Crippen LogP contribution in [0, 0.1) is 6.92 Å². The van der Waals surface area contributed by atoms with E-state index in [1.54, 1.807) is 11.8 Å². The topological polar surface area (TPSA) is 62.5 Å². The molecule has 0 aliphatic rings. The SMILES string of the molecule is CCCN(CCC)c1ccc(CN(C(=O)[C@H](C)N)c2ccc(C)cc2)cn1. The minimum absolute atomic E-state index is 0.0958. The molecule has 5 nitrogen and oxygen atoms in total. The van der Waals surface area contributed by atoms with Gasteiger partial charge < -0.3 is 15.5 Å². The van der Waals surface area contributed by atoms with Crippen molar-refractivity contribution in [2.24, 2.45) is 5.73 Å². The van der Waals surface area contributed by atoms with Crippen LogP contribution in [0.15, 0.2) is 42.6 Å². The second-order valence-corrected chi connectivity index (χ2v) is 7.06. The average Bonchev–Trinajstić information content (AvgIpc) is 2.67. The molecule has 2 aromatic rings. The van der Waals surface area contributed by atoms with E-state index >= 15 is 0 Å². The van der Waals surface area contributed by atoms with E-state index in [1.165, 1.54) is 0 Å². The Morgan fingerprint density at radius 3 is 2.19 bits per heavy atom. The monoisotopic (exact) mass is 368 g/mol. The molecule has 0 bridgehead atoms. The second-order valence-electron chi connectivity index (χ2n) is 7.06. The van der Waals surface area contributed by atoms with E-state index in [0.717, 1.165) is 48.6 Å². The number of aryl methyl sites for hydroxylation is 1. The van der Waals surface area contributed by atoms with Gasteiger partial charge in [0.15, 0.2) is 0 Å². The highest BCUT2D eigenvalue weighted by Gasteiger charge is 2.20. The van der Waals surface area contributed by atoms with Crippen molar-refractivity contribution >= 4 is 17.4 Å². The van der Waals surface area contributed by atoms with Gasteiger partial charge in [0.05, 0.1) is 12.6 Å². The summed E-state index contributed by atoms with van der Waals surface area (Å²) in [5.41, 5.74) is 8.87. The van der Waals surface area contributed by atoms with E-state index in [2.05, 4.69) is 29.8 Å². The zero-order chi connectivity index (χ0) is 19.8. The number of hydrogen-bond donors (Lipinski definition) is 1. The standard InChI is InChI=1S/C22H32N4O/c1-5-13-25(14-6-2)21-12-9-19(15-24-21)16-26(22(27)18(4)23)20-10-7-17(3)8-11-20/h7-12,15,18H,5-6,13-14,16,23H2,1-4H3/t18-/m0/s1. The maximum Gasteiger partial charge on any atom is 0.243 e. The van der Waals surface area contributed by atoms with Crippen molar-refractivity contribution in [2.75, 3.05) is 22.9 Å². The van der Waals surface area contributed by atoms with E-state index in [4.69, 9.17) is 5.73 Å². The van der Waals surface area contributed by atoms with Crippen molar-refractivity contribution in [3.63, 3.8) is 0 Å². The summed E-state index contributed by atoms with van der Waals surface area (Å²) < 4.78 is 0. The maximum absolute atomic E-state index is 12.7. The molecular formula is C22H32N4O. The average molecular weight is 369 g/mol. The number of nitrogens with zero attached hydrogens (tertiary/aromatic N) is 3. The quantitative estimate of drug-likeness (QED) is 0.729. The van der Waals surface area contributed by atoms with Crippen LogP contribution in [0.25, 0.3) is 0 Å². The van der Waals surface area contributed by atoms with Crippen LogP contribution >= 0.6 is 0 Å². The van der Waals surface area contributed by atoms with Crippen molar-refractivity contribution in [3.05, 3.63) is 53.7 Å². The number of carbonyl (C=O) groups is 1. The molecule has 0 fully saturated rings. The second kappa shape index (κ2) is 10.1. The number of pyridine rings is 1. The van der Waals surface area contributed by atoms with Gasteiger partial charge in [-0.15, -0.1) is 0 Å². The molecule has 2 N–H and O–H groups in total. The lowest BCUT2D eigenvalue weighted by Crippen LogP contribution is -2.41. The molecule has 2 rings (SSSR count). The molecule has 0 aliphatic carbocycles. The predicted molar refractivity (Wildman–Crippen MR) is 113 cm³/mol. The van der Waals surface area contributed by atoms with Gasteiger partial charge in [0.2, 0.25) is 5.91 Å². The summed E-state index contributed by atoms with van der Waals surface area (Å²) in [6, 6.07) is 11.5. The molecule has 5 heteroatoms. The van der Waals surface area contributed by atoms with Crippen molar-refractivity contribution in [3.8, 4) is 0 Å². The summed E-state index contributed by atoms with van der Waals surface area (Å²) in [4.78, 5) is 21.3. The van der Waals surface area contributed by atoms with Crippen LogP contribution in [-0.2, 0) is 11.3 Å². The van der Waals surface area contributed by atoms with Gasteiger partial charge in [0.25, 0.3) is 0 Å². The summed E-state index contributed by atoms with van der Waals surface area (Å²) in [5, 5.41) is 0. The van der Waals surface area contributed by atoms with Gasteiger partial charge in [-0.05, 0) is 50.5 Å². The number of anilines is 2.